The fraction of sp³-hybridized carbons (Fsp3) is 0.571. The van der Waals surface area contributed by atoms with Crippen LogP contribution in [-0.2, 0) is 12.8 Å². The molecule has 0 aliphatic carbocycles. The molecule has 94 valence electrons. The van der Waals surface area contributed by atoms with Gasteiger partial charge in [-0.1, -0.05) is 0 Å². The van der Waals surface area contributed by atoms with E-state index in [9.17, 15) is 0 Å². The van der Waals surface area contributed by atoms with Gasteiger partial charge in [-0.15, -0.1) is 0 Å². The lowest BCUT2D eigenvalue weighted by molar-refractivity contribution is 0.351. The Kier molecular flexibility index (Phi) is 3.29. The van der Waals surface area contributed by atoms with Gasteiger partial charge in [-0.2, -0.15) is 0 Å². The molecule has 0 aromatic heterocycles. The molecule has 0 bridgehead atoms. The second kappa shape index (κ2) is 4.57. The van der Waals surface area contributed by atoms with E-state index in [1.165, 1.54) is 22.3 Å². The molecular weight excluding hydrogens is 214 g/mol. The highest BCUT2D eigenvalue weighted by molar-refractivity contribution is 5.60. The second-order valence-corrected chi connectivity index (χ2v) is 4.85. The highest BCUT2D eigenvalue weighted by atomic mass is 16.5. The Hall–Kier alpha value is -1.22. The van der Waals surface area contributed by atoms with E-state index in [1.54, 1.807) is 7.11 Å². The van der Waals surface area contributed by atoms with Gasteiger partial charge in [-0.05, 0) is 38.3 Å². The van der Waals surface area contributed by atoms with Crippen molar-refractivity contribution in [1.29, 1.82) is 0 Å². The van der Waals surface area contributed by atoms with E-state index in [-0.39, 0.29) is 6.04 Å². The van der Waals surface area contributed by atoms with Gasteiger partial charge in [0.15, 0.2) is 0 Å². The van der Waals surface area contributed by atoms with E-state index in [0.29, 0.717) is 0 Å². The van der Waals surface area contributed by atoms with Crippen molar-refractivity contribution in [3.05, 3.63) is 22.3 Å². The zero-order chi connectivity index (χ0) is 12.6. The van der Waals surface area contributed by atoms with Crippen LogP contribution in [0.2, 0.25) is 0 Å². The average molecular weight is 235 g/mol. The number of ether oxygens (including phenoxy) is 2. The first-order chi connectivity index (χ1) is 8.06. The summed E-state index contributed by atoms with van der Waals surface area (Å²) in [5.41, 5.74) is 10.8. The number of methoxy groups -OCH3 is 1. The van der Waals surface area contributed by atoms with Gasteiger partial charge < -0.3 is 15.2 Å². The highest BCUT2D eigenvalue weighted by Gasteiger charge is 2.25. The third-order valence-electron chi connectivity index (χ3n) is 3.46. The Balaban J connectivity index is 2.61. The lowest BCUT2D eigenvalue weighted by Gasteiger charge is -2.19. The molecule has 2 N–H and O–H groups in total. The van der Waals surface area contributed by atoms with Gasteiger partial charge in [0.1, 0.15) is 11.5 Å². The highest BCUT2D eigenvalue weighted by Crippen LogP contribution is 2.41. The third-order valence-corrected chi connectivity index (χ3v) is 3.46. The maximum atomic E-state index is 5.92. The third kappa shape index (κ3) is 2.00. The predicted octanol–water partition coefficient (Wildman–Crippen LogP) is 2.14. The van der Waals surface area contributed by atoms with Crippen LogP contribution in [0, 0.1) is 13.8 Å². The van der Waals surface area contributed by atoms with Gasteiger partial charge in [-0.3, -0.25) is 0 Å². The van der Waals surface area contributed by atoms with Gasteiger partial charge in [-0.25, -0.2) is 0 Å². The normalized spacial score (nSPS) is 15.4. The summed E-state index contributed by atoms with van der Waals surface area (Å²) < 4.78 is 11.3. The van der Waals surface area contributed by atoms with Crippen molar-refractivity contribution < 1.29 is 9.47 Å². The number of rotatable bonds is 3. The zero-order valence-electron chi connectivity index (χ0n) is 11.1. The van der Waals surface area contributed by atoms with Gasteiger partial charge in [0.2, 0.25) is 0 Å². The summed E-state index contributed by atoms with van der Waals surface area (Å²) in [4.78, 5) is 0. The van der Waals surface area contributed by atoms with Crippen LogP contribution in [0.5, 0.6) is 11.5 Å². The van der Waals surface area contributed by atoms with Crippen molar-refractivity contribution in [3.8, 4) is 11.5 Å². The minimum absolute atomic E-state index is 0.134. The zero-order valence-corrected chi connectivity index (χ0v) is 11.1. The molecule has 1 unspecified atom stereocenters. The first-order valence-electron chi connectivity index (χ1n) is 6.13. The van der Waals surface area contributed by atoms with Crippen molar-refractivity contribution in [1.82, 2.24) is 0 Å². The summed E-state index contributed by atoms with van der Waals surface area (Å²) in [5.74, 6) is 2.04. The Bertz CT molecular complexity index is 435. The second-order valence-electron chi connectivity index (χ2n) is 4.85. The lowest BCUT2D eigenvalue weighted by Crippen LogP contribution is -2.19. The number of fused-ring (bicyclic) bond motifs is 1. The molecule has 1 aliphatic heterocycles. The number of hydrogen-bond acceptors (Lipinski definition) is 3. The van der Waals surface area contributed by atoms with Crippen LogP contribution in [0.1, 0.15) is 29.2 Å². The molecule has 1 aliphatic rings. The van der Waals surface area contributed by atoms with E-state index in [2.05, 4.69) is 13.8 Å². The maximum Gasteiger partial charge on any atom is 0.126 e. The van der Waals surface area contributed by atoms with Crippen LogP contribution in [0.25, 0.3) is 0 Å². The maximum absolute atomic E-state index is 5.92. The molecule has 3 nitrogen and oxygen atoms in total. The van der Waals surface area contributed by atoms with Crippen LogP contribution >= 0.6 is 0 Å². The molecule has 0 radical (unpaired) electrons. The van der Waals surface area contributed by atoms with Crippen LogP contribution in [-0.4, -0.2) is 19.8 Å². The van der Waals surface area contributed by atoms with E-state index in [1.807, 2.05) is 6.92 Å². The number of benzene rings is 1. The Morgan fingerprint density at radius 2 is 2.06 bits per heavy atom. The Labute approximate surface area is 103 Å². The molecule has 1 atom stereocenters. The number of hydrogen-bond donors (Lipinski definition) is 1. The summed E-state index contributed by atoms with van der Waals surface area (Å²) in [5, 5.41) is 0. The largest absolute Gasteiger partial charge is 0.496 e. The molecule has 17 heavy (non-hydrogen) atoms. The van der Waals surface area contributed by atoms with E-state index < -0.39 is 0 Å². The predicted molar refractivity (Wildman–Crippen MR) is 69.0 cm³/mol. The van der Waals surface area contributed by atoms with Crippen molar-refractivity contribution >= 4 is 0 Å². The Morgan fingerprint density at radius 1 is 1.35 bits per heavy atom. The van der Waals surface area contributed by atoms with Crippen molar-refractivity contribution in [3.63, 3.8) is 0 Å². The molecule has 0 saturated carbocycles. The quantitative estimate of drug-likeness (QED) is 0.873. The molecule has 0 saturated heterocycles. The van der Waals surface area contributed by atoms with Crippen molar-refractivity contribution in [2.24, 2.45) is 5.73 Å². The smallest absolute Gasteiger partial charge is 0.126 e. The van der Waals surface area contributed by atoms with Crippen LogP contribution in [0.4, 0.5) is 0 Å². The summed E-state index contributed by atoms with van der Waals surface area (Å²) in [6, 6.07) is 0.134. The summed E-state index contributed by atoms with van der Waals surface area (Å²) in [6.07, 6.45) is 1.81. The van der Waals surface area contributed by atoms with E-state index in [4.69, 9.17) is 15.2 Å². The monoisotopic (exact) mass is 235 g/mol. The minimum Gasteiger partial charge on any atom is -0.496 e. The standard InChI is InChI=1S/C14H21NO2/c1-8(15)7-12-10(3)13(16-4)9(2)11-5-6-17-14(11)12/h8H,5-7,15H2,1-4H3. The average Bonchev–Trinajstić information content (AvgIpc) is 2.73. The Morgan fingerprint density at radius 3 is 2.65 bits per heavy atom. The molecule has 2 rings (SSSR count). The molecule has 3 heteroatoms. The fourth-order valence-corrected chi connectivity index (χ4v) is 2.68. The van der Waals surface area contributed by atoms with Crippen LogP contribution in [0.15, 0.2) is 0 Å². The van der Waals surface area contributed by atoms with Gasteiger partial charge in [0.25, 0.3) is 0 Å². The van der Waals surface area contributed by atoms with Crippen molar-refractivity contribution in [2.75, 3.05) is 13.7 Å². The van der Waals surface area contributed by atoms with Crippen LogP contribution in [0.3, 0.4) is 0 Å². The lowest BCUT2D eigenvalue weighted by atomic mass is 9.93. The van der Waals surface area contributed by atoms with Gasteiger partial charge >= 0.3 is 0 Å². The fourth-order valence-electron chi connectivity index (χ4n) is 2.68. The molecule has 0 spiro atoms. The minimum atomic E-state index is 0.134. The first-order valence-corrected chi connectivity index (χ1v) is 6.13. The van der Waals surface area contributed by atoms with E-state index >= 15 is 0 Å². The topological polar surface area (TPSA) is 44.5 Å². The van der Waals surface area contributed by atoms with Crippen LogP contribution < -0.4 is 15.2 Å². The van der Waals surface area contributed by atoms with Crippen molar-refractivity contribution in [2.45, 2.75) is 39.7 Å². The number of nitrogens with two attached hydrogens (primary N) is 1. The molecular formula is C14H21NO2. The van der Waals surface area contributed by atoms with Gasteiger partial charge in [0, 0.05) is 23.6 Å². The van der Waals surface area contributed by atoms with E-state index in [0.717, 1.165) is 30.9 Å². The SMILES string of the molecule is COc1c(C)c2c(c(CC(C)N)c1C)OCC2. The molecule has 1 aromatic rings. The summed E-state index contributed by atoms with van der Waals surface area (Å²) >= 11 is 0. The molecule has 1 aromatic carbocycles. The summed E-state index contributed by atoms with van der Waals surface area (Å²) in [7, 11) is 1.73. The summed E-state index contributed by atoms with van der Waals surface area (Å²) in [6.45, 7) is 6.99. The first kappa shape index (κ1) is 12.2. The molecule has 1 heterocycles. The van der Waals surface area contributed by atoms with Gasteiger partial charge in [0.05, 0.1) is 13.7 Å². The molecule has 0 fully saturated rings. The molecule has 0 amide bonds.